The van der Waals surface area contributed by atoms with Gasteiger partial charge in [-0.05, 0) is 43.7 Å². The molecule has 1 saturated heterocycles. The van der Waals surface area contributed by atoms with Gasteiger partial charge in [0.2, 0.25) is 0 Å². The summed E-state index contributed by atoms with van der Waals surface area (Å²) >= 11 is 0. The summed E-state index contributed by atoms with van der Waals surface area (Å²) in [5, 5.41) is 6.78. The molecule has 0 bridgehead atoms. The molecule has 0 aliphatic carbocycles. The van der Waals surface area contributed by atoms with E-state index in [1.165, 1.54) is 12.1 Å². The van der Waals surface area contributed by atoms with Crippen LogP contribution in [0.1, 0.15) is 50.2 Å². The van der Waals surface area contributed by atoms with Crippen molar-refractivity contribution in [2.45, 2.75) is 51.2 Å². The minimum Gasteiger partial charge on any atom is -0.383 e. The number of alkyl halides is 3. The van der Waals surface area contributed by atoms with Crippen LogP contribution in [0.4, 0.5) is 13.2 Å². The Morgan fingerprint density at radius 1 is 1.30 bits per heavy atom. The molecule has 1 aromatic rings. The molecule has 5 nitrogen and oxygen atoms in total. The molecule has 1 atom stereocenters. The summed E-state index contributed by atoms with van der Waals surface area (Å²) in [7, 11) is 1.72. The molecule has 1 unspecified atom stereocenters. The van der Waals surface area contributed by atoms with E-state index in [2.05, 4.69) is 20.5 Å². The lowest BCUT2D eigenvalue weighted by molar-refractivity contribution is -0.137. The number of guanidine groups is 1. The Morgan fingerprint density at radius 3 is 2.67 bits per heavy atom. The smallest absolute Gasteiger partial charge is 0.383 e. The summed E-state index contributed by atoms with van der Waals surface area (Å²) in [5.41, 5.74) is 0.101. The zero-order valence-corrected chi connectivity index (χ0v) is 18.3. The molecule has 30 heavy (non-hydrogen) atoms. The van der Waals surface area contributed by atoms with E-state index in [1.807, 2.05) is 13.8 Å². The van der Waals surface area contributed by atoms with Crippen molar-refractivity contribution >= 4 is 5.96 Å². The lowest BCUT2D eigenvalue weighted by Crippen LogP contribution is -2.49. The maximum atomic E-state index is 12.9. The van der Waals surface area contributed by atoms with E-state index in [9.17, 15) is 13.2 Å². The minimum absolute atomic E-state index is 0.00273. The third kappa shape index (κ3) is 8.14. The molecule has 0 aromatic heterocycles. The van der Waals surface area contributed by atoms with Gasteiger partial charge < -0.3 is 20.3 Å². The van der Waals surface area contributed by atoms with Gasteiger partial charge in [-0.2, -0.15) is 13.2 Å². The minimum atomic E-state index is -4.31. The molecule has 1 fully saturated rings. The first-order chi connectivity index (χ1) is 14.3. The van der Waals surface area contributed by atoms with Crippen LogP contribution in [-0.2, 0) is 10.9 Å². The Labute approximate surface area is 178 Å². The number of hydrogen-bond acceptors (Lipinski definition) is 3. The highest BCUT2D eigenvalue weighted by molar-refractivity contribution is 5.80. The highest BCUT2D eigenvalue weighted by atomic mass is 19.4. The number of methoxy groups -OCH3 is 1. The van der Waals surface area contributed by atoms with Gasteiger partial charge in [0.05, 0.1) is 12.2 Å². The van der Waals surface area contributed by atoms with Gasteiger partial charge in [0, 0.05) is 45.9 Å². The molecule has 2 rings (SSSR count). The summed E-state index contributed by atoms with van der Waals surface area (Å²) in [6.07, 6.45) is -1.52. The molecule has 1 aromatic carbocycles. The molecule has 170 valence electrons. The fourth-order valence-electron chi connectivity index (χ4n) is 3.59. The van der Waals surface area contributed by atoms with E-state index in [-0.39, 0.29) is 5.92 Å². The number of halogens is 3. The maximum absolute atomic E-state index is 12.9. The fourth-order valence-corrected chi connectivity index (χ4v) is 3.59. The van der Waals surface area contributed by atoms with Crippen LogP contribution in [0.25, 0.3) is 0 Å². The molecular weight excluding hydrogens is 393 g/mol. The maximum Gasteiger partial charge on any atom is 0.416 e. The monoisotopic (exact) mass is 428 g/mol. The van der Waals surface area contributed by atoms with Crippen LogP contribution >= 0.6 is 0 Å². The third-order valence-corrected chi connectivity index (χ3v) is 5.50. The van der Waals surface area contributed by atoms with E-state index in [0.717, 1.165) is 57.7 Å². The molecular formula is C22H35F3N4O. The molecule has 1 aliphatic rings. The first-order valence-corrected chi connectivity index (χ1v) is 10.8. The molecule has 2 N–H and O–H groups in total. The molecule has 8 heteroatoms. The van der Waals surface area contributed by atoms with E-state index >= 15 is 0 Å². The molecule has 1 aliphatic heterocycles. The van der Waals surface area contributed by atoms with Crippen LogP contribution in [0, 0.1) is 0 Å². The fraction of sp³-hybridized carbons (Fsp3) is 0.682. The Hall–Kier alpha value is -1.80. The van der Waals surface area contributed by atoms with Gasteiger partial charge in [-0.25, -0.2) is 0 Å². The summed E-state index contributed by atoms with van der Waals surface area (Å²) in [4.78, 5) is 7.06. The third-order valence-electron chi connectivity index (χ3n) is 5.50. The first-order valence-electron chi connectivity index (χ1n) is 10.8. The number of piperidine rings is 1. The van der Waals surface area contributed by atoms with Crippen molar-refractivity contribution in [1.29, 1.82) is 0 Å². The summed E-state index contributed by atoms with van der Waals surface area (Å²) in [6, 6.07) is 5.96. The molecule has 1 heterocycles. The summed E-state index contributed by atoms with van der Waals surface area (Å²) in [6.45, 7) is 9.08. The van der Waals surface area contributed by atoms with E-state index < -0.39 is 11.7 Å². The number of benzene rings is 1. The Bertz CT molecular complexity index is 658. The van der Waals surface area contributed by atoms with E-state index in [0.29, 0.717) is 24.6 Å². The largest absolute Gasteiger partial charge is 0.416 e. The zero-order valence-electron chi connectivity index (χ0n) is 18.3. The average Bonchev–Trinajstić information content (AvgIpc) is 2.72. The van der Waals surface area contributed by atoms with Crippen LogP contribution in [0.2, 0.25) is 0 Å². The quantitative estimate of drug-likeness (QED) is 0.463. The predicted octanol–water partition coefficient (Wildman–Crippen LogP) is 3.86. The lowest BCUT2D eigenvalue weighted by Gasteiger charge is -2.32. The van der Waals surface area contributed by atoms with Crippen molar-refractivity contribution < 1.29 is 17.9 Å². The Morgan fingerprint density at radius 2 is 2.03 bits per heavy atom. The van der Waals surface area contributed by atoms with Gasteiger partial charge in [-0.15, -0.1) is 0 Å². The van der Waals surface area contributed by atoms with Crippen molar-refractivity contribution in [2.75, 3.05) is 46.4 Å². The zero-order chi connectivity index (χ0) is 22.0. The standard InChI is InChI=1S/C22H35F3N4O/c1-4-26-21(28-20-9-12-29(13-10-20)14-15-30-3)27-11-8-17(2)18-6-5-7-19(16-18)22(23,24)25/h5-7,16-17,20H,4,8-15H2,1-3H3,(H2,26,27,28). The number of aliphatic imine (C=N–C) groups is 1. The number of nitrogens with zero attached hydrogens (tertiary/aromatic N) is 2. The Kier molecular flexibility index (Phi) is 9.91. The normalized spacial score (nSPS) is 17.7. The van der Waals surface area contributed by atoms with Crippen molar-refractivity contribution in [2.24, 2.45) is 4.99 Å². The number of likely N-dealkylation sites (tertiary alicyclic amines) is 1. The number of nitrogens with one attached hydrogen (secondary N) is 2. The van der Waals surface area contributed by atoms with Crippen LogP contribution < -0.4 is 10.6 Å². The second-order valence-electron chi connectivity index (χ2n) is 7.83. The number of ether oxygens (including phenoxy) is 1. The molecule has 0 spiro atoms. The Balaban J connectivity index is 1.85. The lowest BCUT2D eigenvalue weighted by atomic mass is 9.96. The van der Waals surface area contributed by atoms with Gasteiger partial charge in [-0.3, -0.25) is 4.99 Å². The highest BCUT2D eigenvalue weighted by Gasteiger charge is 2.30. The van der Waals surface area contributed by atoms with Gasteiger partial charge in [0.15, 0.2) is 5.96 Å². The van der Waals surface area contributed by atoms with E-state index in [4.69, 9.17) is 4.74 Å². The second-order valence-corrected chi connectivity index (χ2v) is 7.83. The van der Waals surface area contributed by atoms with Crippen LogP contribution in [0.15, 0.2) is 29.3 Å². The van der Waals surface area contributed by atoms with Crippen molar-refractivity contribution in [1.82, 2.24) is 15.5 Å². The van der Waals surface area contributed by atoms with Gasteiger partial charge in [0.25, 0.3) is 0 Å². The van der Waals surface area contributed by atoms with Crippen molar-refractivity contribution in [3.63, 3.8) is 0 Å². The predicted molar refractivity (Wildman–Crippen MR) is 115 cm³/mol. The molecule has 0 radical (unpaired) electrons. The van der Waals surface area contributed by atoms with E-state index in [1.54, 1.807) is 13.2 Å². The average molecular weight is 429 g/mol. The topological polar surface area (TPSA) is 48.9 Å². The molecule has 0 amide bonds. The summed E-state index contributed by atoms with van der Waals surface area (Å²) in [5.74, 6) is 0.784. The highest BCUT2D eigenvalue weighted by Crippen LogP contribution is 2.31. The van der Waals surface area contributed by atoms with Crippen molar-refractivity contribution in [3.05, 3.63) is 35.4 Å². The first kappa shape index (κ1) is 24.5. The van der Waals surface area contributed by atoms with Crippen LogP contribution in [0.5, 0.6) is 0 Å². The molecule has 0 saturated carbocycles. The number of hydrogen-bond donors (Lipinski definition) is 2. The second kappa shape index (κ2) is 12.2. The number of rotatable bonds is 9. The van der Waals surface area contributed by atoms with Gasteiger partial charge in [0.1, 0.15) is 0 Å². The van der Waals surface area contributed by atoms with Crippen molar-refractivity contribution in [3.8, 4) is 0 Å². The summed E-state index contributed by atoms with van der Waals surface area (Å²) < 4.78 is 43.9. The van der Waals surface area contributed by atoms with Gasteiger partial charge in [-0.1, -0.05) is 25.1 Å². The SMILES string of the molecule is CCNC(=NCCC(C)c1cccc(C(F)(F)F)c1)NC1CCN(CCOC)CC1. The van der Waals surface area contributed by atoms with Crippen LogP contribution in [-0.4, -0.2) is 63.3 Å². The van der Waals surface area contributed by atoms with Gasteiger partial charge >= 0.3 is 6.18 Å². The van der Waals surface area contributed by atoms with Crippen LogP contribution in [0.3, 0.4) is 0 Å².